The Balaban J connectivity index is 1.84. The van der Waals surface area contributed by atoms with Gasteiger partial charge in [-0.05, 0) is 55.2 Å². The predicted octanol–water partition coefficient (Wildman–Crippen LogP) is 6.49. The van der Waals surface area contributed by atoms with E-state index < -0.39 is 17.7 Å². The van der Waals surface area contributed by atoms with Gasteiger partial charge in [-0.1, -0.05) is 23.7 Å². The van der Waals surface area contributed by atoms with E-state index >= 15 is 0 Å². The van der Waals surface area contributed by atoms with Crippen LogP contribution in [0, 0.1) is 5.82 Å². The quantitative estimate of drug-likeness (QED) is 0.448. The van der Waals surface area contributed by atoms with Gasteiger partial charge in [-0.2, -0.15) is 13.2 Å². The molecule has 4 rings (SSSR count). The van der Waals surface area contributed by atoms with Crippen LogP contribution in [0.25, 0.3) is 10.9 Å². The molecule has 1 aromatic heterocycles. The third-order valence-corrected chi connectivity index (χ3v) is 5.54. The summed E-state index contributed by atoms with van der Waals surface area (Å²) in [6.45, 7) is 1.60. The summed E-state index contributed by atoms with van der Waals surface area (Å²) in [4.78, 5) is 2.15. The largest absolute Gasteiger partial charge is 0.431 e. The third-order valence-electron chi connectivity index (χ3n) is 5.23. The second kappa shape index (κ2) is 7.32. The number of hydrogen-bond acceptors (Lipinski definition) is 1. The Labute approximate surface area is 165 Å². The van der Waals surface area contributed by atoms with Gasteiger partial charge < -0.3 is 9.47 Å². The Morgan fingerprint density at radius 2 is 1.71 bits per heavy atom. The number of halogens is 5. The number of anilines is 1. The molecule has 0 amide bonds. The highest BCUT2D eigenvalue weighted by Crippen LogP contribution is 2.38. The molecule has 0 bridgehead atoms. The van der Waals surface area contributed by atoms with Gasteiger partial charge in [0.05, 0.1) is 10.5 Å². The molecule has 3 aromatic rings. The molecule has 1 aliphatic heterocycles. The molecule has 7 heteroatoms. The van der Waals surface area contributed by atoms with Crippen LogP contribution in [0.5, 0.6) is 0 Å². The van der Waals surface area contributed by atoms with Crippen molar-refractivity contribution in [2.24, 2.45) is 0 Å². The monoisotopic (exact) mass is 410 g/mol. The summed E-state index contributed by atoms with van der Waals surface area (Å²) in [5.41, 5.74) is 1.00. The Morgan fingerprint density at radius 1 is 0.964 bits per heavy atom. The number of fused-ring (bicyclic) bond motifs is 1. The average Bonchev–Trinajstić information content (AvgIpc) is 3.04. The minimum atomic E-state index is -4.51. The van der Waals surface area contributed by atoms with Crippen LogP contribution in [0.15, 0.2) is 42.5 Å². The number of rotatable bonds is 3. The lowest BCUT2D eigenvalue weighted by molar-refractivity contribution is -0.143. The van der Waals surface area contributed by atoms with E-state index in [2.05, 4.69) is 4.90 Å². The first-order valence-corrected chi connectivity index (χ1v) is 9.61. The molecule has 0 saturated carbocycles. The average molecular weight is 411 g/mol. The molecule has 0 radical (unpaired) electrons. The van der Waals surface area contributed by atoms with Crippen molar-refractivity contribution in [2.45, 2.75) is 32.0 Å². The van der Waals surface area contributed by atoms with E-state index in [1.165, 1.54) is 22.8 Å². The summed E-state index contributed by atoms with van der Waals surface area (Å²) in [7, 11) is 0. The smallest absolute Gasteiger partial charge is 0.371 e. The second-order valence-corrected chi connectivity index (χ2v) is 7.53. The van der Waals surface area contributed by atoms with Gasteiger partial charge in [-0.25, -0.2) is 4.39 Å². The highest BCUT2D eigenvalue weighted by Gasteiger charge is 2.36. The van der Waals surface area contributed by atoms with Crippen molar-refractivity contribution in [1.82, 2.24) is 4.57 Å². The van der Waals surface area contributed by atoms with Crippen molar-refractivity contribution in [3.05, 3.63) is 64.6 Å². The number of piperidine rings is 1. The molecular formula is C21H19ClF4N2. The molecule has 1 saturated heterocycles. The molecule has 0 atom stereocenters. The number of hydrogen-bond donors (Lipinski definition) is 0. The molecule has 2 aromatic carbocycles. The van der Waals surface area contributed by atoms with Crippen LogP contribution < -0.4 is 4.90 Å². The molecule has 0 spiro atoms. The van der Waals surface area contributed by atoms with E-state index in [1.807, 2.05) is 6.07 Å². The number of alkyl halides is 3. The molecule has 1 fully saturated rings. The molecule has 148 valence electrons. The molecule has 2 nitrogen and oxygen atoms in total. The molecule has 0 unspecified atom stereocenters. The van der Waals surface area contributed by atoms with Crippen molar-refractivity contribution in [2.75, 3.05) is 18.0 Å². The van der Waals surface area contributed by atoms with Crippen LogP contribution in [0.2, 0.25) is 5.02 Å². The van der Waals surface area contributed by atoms with Gasteiger partial charge >= 0.3 is 6.18 Å². The molecular weight excluding hydrogens is 392 g/mol. The summed E-state index contributed by atoms with van der Waals surface area (Å²) < 4.78 is 56.3. The molecule has 0 N–H and O–H groups in total. The van der Waals surface area contributed by atoms with Crippen LogP contribution in [-0.4, -0.2) is 17.7 Å². The molecule has 28 heavy (non-hydrogen) atoms. The van der Waals surface area contributed by atoms with Gasteiger partial charge in [0.25, 0.3) is 0 Å². The summed E-state index contributed by atoms with van der Waals surface area (Å²) in [5.74, 6) is -0.641. The van der Waals surface area contributed by atoms with Crippen LogP contribution in [0.1, 0.15) is 30.5 Å². The zero-order valence-electron chi connectivity index (χ0n) is 15.1. The predicted molar refractivity (Wildman–Crippen MR) is 104 cm³/mol. The Hall–Kier alpha value is -2.21. The maximum Gasteiger partial charge on any atom is 0.431 e. The lowest BCUT2D eigenvalue weighted by atomic mass is 10.1. The summed E-state index contributed by atoms with van der Waals surface area (Å²) in [6.07, 6.45) is -1.30. The van der Waals surface area contributed by atoms with Crippen molar-refractivity contribution in [3.8, 4) is 0 Å². The number of aromatic nitrogens is 1. The van der Waals surface area contributed by atoms with Crippen LogP contribution in [-0.2, 0) is 12.7 Å². The van der Waals surface area contributed by atoms with Crippen molar-refractivity contribution >= 4 is 28.2 Å². The van der Waals surface area contributed by atoms with E-state index in [0.29, 0.717) is 16.5 Å². The minimum absolute atomic E-state index is 0.0513. The summed E-state index contributed by atoms with van der Waals surface area (Å²) in [5, 5.41) is 0.524. The van der Waals surface area contributed by atoms with Gasteiger partial charge in [-0.15, -0.1) is 0 Å². The van der Waals surface area contributed by atoms with E-state index in [-0.39, 0.29) is 11.6 Å². The Bertz CT molecular complexity index is 1000. The van der Waals surface area contributed by atoms with Gasteiger partial charge in [0.15, 0.2) is 0 Å². The SMILES string of the molecule is Fc1cc(Cn2c(C(F)(F)F)cc3c(N4CCCCC4)cccc32)ccc1Cl. The van der Waals surface area contributed by atoms with Crippen LogP contribution >= 0.6 is 11.6 Å². The second-order valence-electron chi connectivity index (χ2n) is 7.12. The fourth-order valence-corrected chi connectivity index (χ4v) is 4.02. The van der Waals surface area contributed by atoms with Crippen LogP contribution in [0.3, 0.4) is 0 Å². The maximum atomic E-state index is 13.8. The molecule has 2 heterocycles. The van der Waals surface area contributed by atoms with E-state index in [1.54, 1.807) is 18.2 Å². The number of benzene rings is 2. The van der Waals surface area contributed by atoms with Gasteiger partial charge in [0.1, 0.15) is 11.5 Å². The third kappa shape index (κ3) is 3.58. The Morgan fingerprint density at radius 3 is 2.39 bits per heavy atom. The lowest BCUT2D eigenvalue weighted by Crippen LogP contribution is -2.29. The molecule has 1 aliphatic rings. The highest BCUT2D eigenvalue weighted by molar-refractivity contribution is 6.30. The normalized spacial score (nSPS) is 15.4. The number of nitrogens with zero attached hydrogens (tertiary/aromatic N) is 2. The zero-order chi connectivity index (χ0) is 19.9. The fraction of sp³-hybridized carbons (Fsp3) is 0.333. The van der Waals surface area contributed by atoms with Gasteiger partial charge in [-0.3, -0.25) is 0 Å². The van der Waals surface area contributed by atoms with Crippen molar-refractivity contribution in [3.63, 3.8) is 0 Å². The minimum Gasteiger partial charge on any atom is -0.371 e. The fourth-order valence-electron chi connectivity index (χ4n) is 3.91. The Kier molecular flexibility index (Phi) is 5.00. The maximum absolute atomic E-state index is 13.8. The lowest BCUT2D eigenvalue weighted by Gasteiger charge is -2.29. The van der Waals surface area contributed by atoms with E-state index in [4.69, 9.17) is 11.6 Å². The first-order chi connectivity index (χ1) is 13.3. The summed E-state index contributed by atoms with van der Waals surface area (Å²) in [6, 6.07) is 10.7. The summed E-state index contributed by atoms with van der Waals surface area (Å²) >= 11 is 5.70. The first-order valence-electron chi connectivity index (χ1n) is 9.23. The van der Waals surface area contributed by atoms with Crippen LogP contribution in [0.4, 0.5) is 23.2 Å². The zero-order valence-corrected chi connectivity index (χ0v) is 15.8. The van der Waals surface area contributed by atoms with Crippen molar-refractivity contribution < 1.29 is 17.6 Å². The standard InChI is InChI=1S/C21H19ClF4N2/c22-16-8-7-14(11-17(16)23)13-28-19-6-4-5-18(27-9-2-1-3-10-27)15(19)12-20(28)21(24,25)26/h4-8,11-12H,1-3,9-10,13H2. The topological polar surface area (TPSA) is 8.17 Å². The van der Waals surface area contributed by atoms with E-state index in [9.17, 15) is 17.6 Å². The van der Waals surface area contributed by atoms with E-state index in [0.717, 1.165) is 38.0 Å². The highest BCUT2D eigenvalue weighted by atomic mass is 35.5. The van der Waals surface area contributed by atoms with Gasteiger partial charge in [0.2, 0.25) is 0 Å². The molecule has 0 aliphatic carbocycles. The van der Waals surface area contributed by atoms with Crippen molar-refractivity contribution in [1.29, 1.82) is 0 Å². The first kappa shape index (κ1) is 19.1. The van der Waals surface area contributed by atoms with Gasteiger partial charge in [0, 0.05) is 30.7 Å².